The fourth-order valence-electron chi connectivity index (χ4n) is 2.46. The molecule has 1 atom stereocenters. The molecule has 1 aromatic heterocycles. The highest BCUT2D eigenvalue weighted by Gasteiger charge is 2.24. The summed E-state index contributed by atoms with van der Waals surface area (Å²) in [5.41, 5.74) is 1.32. The van der Waals surface area contributed by atoms with Crippen molar-refractivity contribution < 1.29 is 4.79 Å². The standard InChI is InChI=1S/C15H25N3OS.ClH/c1-12(2)15(19)16-10-14(13-4-9-20-11-13)18-7-5-17(3)6-8-18;/h4,9,11-12,14H,5-8,10H2,1-3H3,(H,16,19);1H. The topological polar surface area (TPSA) is 35.6 Å². The maximum atomic E-state index is 11.8. The Balaban J connectivity index is 0.00000220. The zero-order chi connectivity index (χ0) is 14.5. The highest BCUT2D eigenvalue weighted by Crippen LogP contribution is 2.23. The van der Waals surface area contributed by atoms with Crippen molar-refractivity contribution in [2.45, 2.75) is 19.9 Å². The van der Waals surface area contributed by atoms with Gasteiger partial charge in [-0.15, -0.1) is 12.4 Å². The summed E-state index contributed by atoms with van der Waals surface area (Å²) in [6, 6.07) is 2.48. The van der Waals surface area contributed by atoms with Crippen molar-refractivity contribution in [2.75, 3.05) is 39.8 Å². The first kappa shape index (κ1) is 18.4. The lowest BCUT2D eigenvalue weighted by molar-refractivity contribution is -0.124. The van der Waals surface area contributed by atoms with Crippen LogP contribution >= 0.6 is 23.7 Å². The van der Waals surface area contributed by atoms with Gasteiger partial charge in [0, 0.05) is 38.6 Å². The molecule has 0 spiro atoms. The molecule has 1 N–H and O–H groups in total. The molecule has 21 heavy (non-hydrogen) atoms. The maximum absolute atomic E-state index is 11.8. The van der Waals surface area contributed by atoms with Crippen LogP contribution in [0.5, 0.6) is 0 Å². The van der Waals surface area contributed by atoms with Gasteiger partial charge in [0.25, 0.3) is 0 Å². The van der Waals surface area contributed by atoms with Crippen molar-refractivity contribution in [3.63, 3.8) is 0 Å². The Bertz CT molecular complexity index is 417. The number of nitrogens with one attached hydrogen (secondary N) is 1. The Morgan fingerprint density at radius 1 is 1.33 bits per heavy atom. The number of rotatable bonds is 5. The Kier molecular flexibility index (Phi) is 7.66. The van der Waals surface area contributed by atoms with Crippen molar-refractivity contribution in [3.05, 3.63) is 22.4 Å². The zero-order valence-corrected chi connectivity index (χ0v) is 14.7. The first-order valence-corrected chi connectivity index (χ1v) is 8.24. The van der Waals surface area contributed by atoms with Gasteiger partial charge in [0.2, 0.25) is 5.91 Å². The minimum atomic E-state index is 0. The van der Waals surface area contributed by atoms with E-state index in [2.05, 4.69) is 39.0 Å². The predicted molar refractivity (Wildman–Crippen MR) is 91.2 cm³/mol. The Morgan fingerprint density at radius 2 is 2.00 bits per heavy atom. The summed E-state index contributed by atoms with van der Waals surface area (Å²) < 4.78 is 0. The van der Waals surface area contributed by atoms with Crippen LogP contribution in [0.4, 0.5) is 0 Å². The molecule has 0 bridgehead atoms. The predicted octanol–water partition coefficient (Wildman–Crippen LogP) is 2.23. The number of thiophene rings is 1. The molecule has 1 aromatic rings. The van der Waals surface area contributed by atoms with E-state index in [4.69, 9.17) is 0 Å². The second-order valence-electron chi connectivity index (χ2n) is 5.81. The number of nitrogens with zero attached hydrogens (tertiary/aromatic N) is 2. The van der Waals surface area contributed by atoms with Gasteiger partial charge in [-0.25, -0.2) is 0 Å². The summed E-state index contributed by atoms with van der Waals surface area (Å²) in [6.45, 7) is 8.90. The van der Waals surface area contributed by atoms with Crippen LogP contribution < -0.4 is 5.32 Å². The quantitative estimate of drug-likeness (QED) is 0.898. The van der Waals surface area contributed by atoms with Gasteiger partial charge in [0.1, 0.15) is 0 Å². The Morgan fingerprint density at radius 3 is 2.52 bits per heavy atom. The second kappa shape index (κ2) is 8.73. The van der Waals surface area contributed by atoms with Crippen LogP contribution in [-0.4, -0.2) is 55.5 Å². The number of halogens is 1. The number of carbonyl (C=O) groups is 1. The molecule has 2 heterocycles. The summed E-state index contributed by atoms with van der Waals surface area (Å²) in [5, 5.41) is 7.40. The van der Waals surface area contributed by atoms with E-state index in [-0.39, 0.29) is 24.2 Å². The highest BCUT2D eigenvalue weighted by atomic mass is 35.5. The number of hydrogen-bond donors (Lipinski definition) is 1. The molecule has 1 saturated heterocycles. The lowest BCUT2D eigenvalue weighted by Crippen LogP contribution is -2.48. The molecule has 1 aliphatic rings. The lowest BCUT2D eigenvalue weighted by atomic mass is 10.1. The summed E-state index contributed by atoms with van der Waals surface area (Å²) in [7, 11) is 2.16. The summed E-state index contributed by atoms with van der Waals surface area (Å²) in [6.07, 6.45) is 0. The van der Waals surface area contributed by atoms with Crippen molar-refractivity contribution in [1.82, 2.24) is 15.1 Å². The third kappa shape index (κ3) is 5.25. The average Bonchev–Trinajstić information content (AvgIpc) is 2.94. The van der Waals surface area contributed by atoms with E-state index in [9.17, 15) is 4.79 Å². The van der Waals surface area contributed by atoms with Gasteiger partial charge in [-0.1, -0.05) is 13.8 Å². The molecular formula is C15H26ClN3OS. The third-order valence-corrected chi connectivity index (χ3v) is 4.60. The lowest BCUT2D eigenvalue weighted by Gasteiger charge is -2.38. The summed E-state index contributed by atoms with van der Waals surface area (Å²) >= 11 is 1.72. The van der Waals surface area contributed by atoms with Gasteiger partial charge in [0.05, 0.1) is 6.04 Å². The van der Waals surface area contributed by atoms with Crippen LogP contribution in [0.25, 0.3) is 0 Å². The molecule has 1 amide bonds. The van der Waals surface area contributed by atoms with Gasteiger partial charge >= 0.3 is 0 Å². The van der Waals surface area contributed by atoms with E-state index < -0.39 is 0 Å². The van der Waals surface area contributed by atoms with Crippen molar-refractivity contribution in [3.8, 4) is 0 Å². The van der Waals surface area contributed by atoms with Gasteiger partial charge in [-0.2, -0.15) is 11.3 Å². The highest BCUT2D eigenvalue weighted by molar-refractivity contribution is 7.07. The molecule has 2 rings (SSSR count). The minimum Gasteiger partial charge on any atom is -0.354 e. The summed E-state index contributed by atoms with van der Waals surface area (Å²) in [4.78, 5) is 16.7. The number of piperazine rings is 1. The van der Waals surface area contributed by atoms with Crippen molar-refractivity contribution >= 4 is 29.7 Å². The van der Waals surface area contributed by atoms with Gasteiger partial charge < -0.3 is 10.2 Å². The molecule has 1 fully saturated rings. The molecule has 0 aromatic carbocycles. The van der Waals surface area contributed by atoms with Gasteiger partial charge in [0.15, 0.2) is 0 Å². The Hall–Kier alpha value is -0.620. The molecule has 6 heteroatoms. The van der Waals surface area contributed by atoms with Gasteiger partial charge in [-0.3, -0.25) is 9.69 Å². The fraction of sp³-hybridized carbons (Fsp3) is 0.667. The van der Waals surface area contributed by atoms with Crippen LogP contribution in [0.15, 0.2) is 16.8 Å². The van der Waals surface area contributed by atoms with Crippen LogP contribution in [0, 0.1) is 5.92 Å². The second-order valence-corrected chi connectivity index (χ2v) is 6.59. The molecular weight excluding hydrogens is 306 g/mol. The van der Waals surface area contributed by atoms with Gasteiger partial charge in [-0.05, 0) is 29.4 Å². The third-order valence-electron chi connectivity index (χ3n) is 3.90. The van der Waals surface area contributed by atoms with E-state index in [1.807, 2.05) is 13.8 Å². The van der Waals surface area contributed by atoms with Crippen LogP contribution in [0.1, 0.15) is 25.5 Å². The van der Waals surface area contributed by atoms with Crippen LogP contribution in [0.2, 0.25) is 0 Å². The largest absolute Gasteiger partial charge is 0.354 e. The molecule has 0 aliphatic carbocycles. The van der Waals surface area contributed by atoms with E-state index in [1.54, 1.807) is 11.3 Å². The first-order chi connectivity index (χ1) is 9.58. The van der Waals surface area contributed by atoms with E-state index in [1.165, 1.54) is 5.56 Å². The molecule has 0 radical (unpaired) electrons. The fourth-order valence-corrected chi connectivity index (χ4v) is 3.16. The molecule has 0 saturated carbocycles. The molecule has 120 valence electrons. The zero-order valence-electron chi connectivity index (χ0n) is 13.0. The maximum Gasteiger partial charge on any atom is 0.222 e. The monoisotopic (exact) mass is 331 g/mol. The normalized spacial score (nSPS) is 18.3. The number of hydrogen-bond acceptors (Lipinski definition) is 4. The summed E-state index contributed by atoms with van der Waals surface area (Å²) in [5.74, 6) is 0.185. The van der Waals surface area contributed by atoms with Crippen molar-refractivity contribution in [1.29, 1.82) is 0 Å². The van der Waals surface area contributed by atoms with Crippen LogP contribution in [0.3, 0.4) is 0 Å². The number of amides is 1. The SMILES string of the molecule is CC(C)C(=O)NCC(c1ccsc1)N1CCN(C)CC1.Cl. The molecule has 4 nitrogen and oxygen atoms in total. The van der Waals surface area contributed by atoms with Crippen molar-refractivity contribution in [2.24, 2.45) is 5.92 Å². The van der Waals surface area contributed by atoms with E-state index in [0.29, 0.717) is 12.6 Å². The Labute approximate surface area is 137 Å². The number of likely N-dealkylation sites (N-methyl/N-ethyl adjacent to an activating group) is 1. The van der Waals surface area contributed by atoms with E-state index >= 15 is 0 Å². The minimum absolute atomic E-state index is 0. The molecule has 1 aliphatic heterocycles. The smallest absolute Gasteiger partial charge is 0.222 e. The van der Waals surface area contributed by atoms with Crippen LogP contribution in [-0.2, 0) is 4.79 Å². The first-order valence-electron chi connectivity index (χ1n) is 7.30. The number of carbonyl (C=O) groups excluding carboxylic acids is 1. The average molecular weight is 332 g/mol. The van der Waals surface area contributed by atoms with E-state index in [0.717, 1.165) is 26.2 Å². The molecule has 1 unspecified atom stereocenters.